The summed E-state index contributed by atoms with van der Waals surface area (Å²) in [5.41, 5.74) is 3.40. The number of rotatable bonds is 2. The van der Waals surface area contributed by atoms with Gasteiger partial charge in [0, 0.05) is 17.8 Å². The summed E-state index contributed by atoms with van der Waals surface area (Å²) in [7, 11) is 0. The predicted octanol–water partition coefficient (Wildman–Crippen LogP) is 2.23. The Morgan fingerprint density at radius 2 is 2.30 bits per heavy atom. The van der Waals surface area contributed by atoms with E-state index in [0.717, 1.165) is 22.4 Å². The number of aromatic amines is 1. The first-order chi connectivity index (χ1) is 9.56. The number of carbonyl (C=O) groups is 1. The minimum absolute atomic E-state index is 0.194. The molecule has 1 aliphatic heterocycles. The highest BCUT2D eigenvalue weighted by molar-refractivity contribution is 6.04. The molecule has 6 heteroatoms. The van der Waals surface area contributed by atoms with Gasteiger partial charge in [0.2, 0.25) is 0 Å². The molecule has 0 bridgehead atoms. The summed E-state index contributed by atoms with van der Waals surface area (Å²) in [6.07, 6.45) is 0.691. The minimum Gasteiger partial charge on any atom is -0.465 e. The summed E-state index contributed by atoms with van der Waals surface area (Å²) in [5.74, 6) is 0.218. The van der Waals surface area contributed by atoms with E-state index < -0.39 is 0 Å². The molecular formula is C14H16N4O2. The second kappa shape index (κ2) is 4.70. The molecular weight excluding hydrogens is 256 g/mol. The molecule has 1 N–H and O–H groups in total. The lowest BCUT2D eigenvalue weighted by molar-refractivity contribution is -0.139. The molecule has 0 aromatic carbocycles. The van der Waals surface area contributed by atoms with E-state index in [1.165, 1.54) is 0 Å². The van der Waals surface area contributed by atoms with Crippen LogP contribution in [-0.4, -0.2) is 33.5 Å². The normalized spacial score (nSPS) is 19.6. The fourth-order valence-corrected chi connectivity index (χ4v) is 2.56. The number of carbonyl (C=O) groups excluding carboxylic acids is 1. The molecule has 1 saturated heterocycles. The molecule has 0 radical (unpaired) electrons. The molecule has 0 saturated carbocycles. The maximum atomic E-state index is 11.6. The number of H-pyrrole nitrogens is 1. The number of hydrogen-bond donors (Lipinski definition) is 1. The molecule has 2 aromatic heterocycles. The second-order valence-corrected chi connectivity index (χ2v) is 5.11. The van der Waals surface area contributed by atoms with Crippen LogP contribution in [0.5, 0.6) is 0 Å². The molecule has 2 aromatic rings. The Morgan fingerprint density at radius 3 is 3.00 bits per heavy atom. The number of ether oxygens (including phenoxy) is 1. The van der Waals surface area contributed by atoms with E-state index in [4.69, 9.17) is 4.74 Å². The molecule has 0 aliphatic carbocycles. The highest BCUT2D eigenvalue weighted by atomic mass is 16.5. The Balaban J connectivity index is 2.04. The van der Waals surface area contributed by atoms with Crippen LogP contribution in [0.15, 0.2) is 11.1 Å². The summed E-state index contributed by atoms with van der Waals surface area (Å²) in [5, 5.41) is 7.98. The zero-order chi connectivity index (χ0) is 14.3. The van der Waals surface area contributed by atoms with Crippen molar-refractivity contribution in [2.75, 3.05) is 6.61 Å². The number of hydrogen-bond acceptors (Lipinski definition) is 5. The number of esters is 1. The van der Waals surface area contributed by atoms with Crippen LogP contribution >= 0.6 is 0 Å². The average Bonchev–Trinajstić information content (AvgIpc) is 2.96. The molecule has 6 nitrogen and oxygen atoms in total. The van der Waals surface area contributed by atoms with Gasteiger partial charge in [-0.25, -0.2) is 9.98 Å². The van der Waals surface area contributed by atoms with Gasteiger partial charge in [-0.3, -0.25) is 9.89 Å². The molecule has 0 amide bonds. The van der Waals surface area contributed by atoms with Crippen molar-refractivity contribution in [3.63, 3.8) is 0 Å². The SMILES string of the molecule is C/C(=N/c1[nH]nc2nc(C)cc(C)c12)C1CCOC1=O. The highest BCUT2D eigenvalue weighted by Crippen LogP contribution is 2.27. The van der Waals surface area contributed by atoms with E-state index in [9.17, 15) is 4.79 Å². The topological polar surface area (TPSA) is 80.2 Å². The Hall–Kier alpha value is -2.24. The van der Waals surface area contributed by atoms with Crippen molar-refractivity contribution in [2.45, 2.75) is 27.2 Å². The lowest BCUT2D eigenvalue weighted by Crippen LogP contribution is -2.16. The molecule has 3 heterocycles. The van der Waals surface area contributed by atoms with Gasteiger partial charge in [0.1, 0.15) is 0 Å². The van der Waals surface area contributed by atoms with Gasteiger partial charge < -0.3 is 4.74 Å². The van der Waals surface area contributed by atoms with Gasteiger partial charge in [0.05, 0.1) is 17.9 Å². The van der Waals surface area contributed by atoms with Crippen molar-refractivity contribution in [3.05, 3.63) is 17.3 Å². The van der Waals surface area contributed by atoms with E-state index in [-0.39, 0.29) is 11.9 Å². The largest absolute Gasteiger partial charge is 0.465 e. The van der Waals surface area contributed by atoms with E-state index >= 15 is 0 Å². The third-order valence-corrected chi connectivity index (χ3v) is 3.56. The Bertz CT molecular complexity index is 717. The number of nitrogens with zero attached hydrogens (tertiary/aromatic N) is 3. The summed E-state index contributed by atoms with van der Waals surface area (Å²) >= 11 is 0. The van der Waals surface area contributed by atoms with Gasteiger partial charge in [-0.2, -0.15) is 5.10 Å². The standard InChI is InChI=1S/C14H16N4O2/c1-7-6-8(2)15-12-11(7)13(18-17-12)16-9(3)10-4-5-20-14(10)19/h6,10H,4-5H2,1-3H3,(H,15,17,18)/b16-9-. The van der Waals surface area contributed by atoms with Crippen molar-refractivity contribution in [2.24, 2.45) is 10.9 Å². The molecule has 104 valence electrons. The Morgan fingerprint density at radius 1 is 1.50 bits per heavy atom. The van der Waals surface area contributed by atoms with Crippen molar-refractivity contribution in [3.8, 4) is 0 Å². The van der Waals surface area contributed by atoms with Crippen molar-refractivity contribution in [1.82, 2.24) is 15.2 Å². The number of nitrogens with one attached hydrogen (secondary N) is 1. The molecule has 1 atom stereocenters. The third-order valence-electron chi connectivity index (χ3n) is 3.56. The predicted molar refractivity (Wildman–Crippen MR) is 75.2 cm³/mol. The number of aromatic nitrogens is 3. The van der Waals surface area contributed by atoms with Gasteiger partial charge in [-0.1, -0.05) is 0 Å². The average molecular weight is 272 g/mol. The number of aryl methyl sites for hydroxylation is 2. The van der Waals surface area contributed by atoms with Crippen LogP contribution < -0.4 is 0 Å². The first-order valence-corrected chi connectivity index (χ1v) is 6.60. The van der Waals surface area contributed by atoms with Crippen LogP contribution in [0, 0.1) is 19.8 Å². The molecule has 3 rings (SSSR count). The van der Waals surface area contributed by atoms with Gasteiger partial charge >= 0.3 is 5.97 Å². The van der Waals surface area contributed by atoms with E-state index in [0.29, 0.717) is 24.5 Å². The molecule has 0 spiro atoms. The molecule has 1 aliphatic rings. The number of cyclic esters (lactones) is 1. The van der Waals surface area contributed by atoms with Crippen molar-refractivity contribution < 1.29 is 9.53 Å². The van der Waals surface area contributed by atoms with E-state index in [2.05, 4.69) is 20.2 Å². The van der Waals surface area contributed by atoms with E-state index in [1.54, 1.807) is 0 Å². The van der Waals surface area contributed by atoms with Gasteiger partial charge in [-0.05, 0) is 32.4 Å². The Labute approximate surface area is 116 Å². The van der Waals surface area contributed by atoms with Crippen LogP contribution in [-0.2, 0) is 9.53 Å². The van der Waals surface area contributed by atoms with Crippen molar-refractivity contribution in [1.29, 1.82) is 0 Å². The quantitative estimate of drug-likeness (QED) is 0.671. The lowest BCUT2D eigenvalue weighted by atomic mass is 10.0. The molecule has 20 heavy (non-hydrogen) atoms. The van der Waals surface area contributed by atoms with Crippen LogP contribution in [0.2, 0.25) is 0 Å². The number of fused-ring (bicyclic) bond motifs is 1. The zero-order valence-electron chi connectivity index (χ0n) is 11.7. The second-order valence-electron chi connectivity index (χ2n) is 5.11. The van der Waals surface area contributed by atoms with Crippen LogP contribution in [0.3, 0.4) is 0 Å². The summed E-state index contributed by atoms with van der Waals surface area (Å²) in [4.78, 5) is 20.5. The maximum absolute atomic E-state index is 11.6. The minimum atomic E-state index is -0.243. The monoisotopic (exact) mass is 272 g/mol. The lowest BCUT2D eigenvalue weighted by Gasteiger charge is -2.04. The zero-order valence-corrected chi connectivity index (χ0v) is 11.7. The van der Waals surface area contributed by atoms with Gasteiger partial charge in [-0.15, -0.1) is 0 Å². The van der Waals surface area contributed by atoms with Gasteiger partial charge in [0.25, 0.3) is 0 Å². The fourth-order valence-electron chi connectivity index (χ4n) is 2.56. The molecule has 1 unspecified atom stereocenters. The smallest absolute Gasteiger partial charge is 0.314 e. The molecule has 1 fully saturated rings. The third kappa shape index (κ3) is 2.07. The van der Waals surface area contributed by atoms with Gasteiger partial charge in [0.15, 0.2) is 11.5 Å². The van der Waals surface area contributed by atoms with Crippen LogP contribution in [0.25, 0.3) is 11.0 Å². The Kier molecular flexibility index (Phi) is 3.00. The van der Waals surface area contributed by atoms with E-state index in [1.807, 2.05) is 26.8 Å². The first kappa shape index (κ1) is 12.8. The fraction of sp³-hybridized carbons (Fsp3) is 0.429. The number of pyridine rings is 1. The number of aliphatic imine (C=N–C) groups is 1. The van der Waals surface area contributed by atoms with Crippen LogP contribution in [0.4, 0.5) is 5.82 Å². The summed E-state index contributed by atoms with van der Waals surface area (Å²) in [6.45, 7) is 6.26. The highest BCUT2D eigenvalue weighted by Gasteiger charge is 2.29. The summed E-state index contributed by atoms with van der Waals surface area (Å²) < 4.78 is 4.97. The summed E-state index contributed by atoms with van der Waals surface area (Å²) in [6, 6.07) is 2.00. The first-order valence-electron chi connectivity index (χ1n) is 6.60. The van der Waals surface area contributed by atoms with Crippen molar-refractivity contribution >= 4 is 28.5 Å². The van der Waals surface area contributed by atoms with Crippen LogP contribution in [0.1, 0.15) is 24.6 Å². The maximum Gasteiger partial charge on any atom is 0.314 e.